The highest BCUT2D eigenvalue weighted by molar-refractivity contribution is 7.85. The van der Waals surface area contributed by atoms with Crippen LogP contribution in [0.1, 0.15) is 18.1 Å². The van der Waals surface area contributed by atoms with Crippen LogP contribution in [0.5, 0.6) is 0 Å². The maximum Gasteiger partial charge on any atom is 0.294 e. The molecule has 1 aliphatic heterocycles. The summed E-state index contributed by atoms with van der Waals surface area (Å²) in [6, 6.07) is 15.7. The van der Waals surface area contributed by atoms with Crippen LogP contribution in [-0.2, 0) is 20.5 Å². The van der Waals surface area contributed by atoms with E-state index in [1.165, 1.54) is 12.1 Å². The second-order valence-electron chi connectivity index (χ2n) is 5.13. The maximum atomic E-state index is 11.2. The van der Waals surface area contributed by atoms with Gasteiger partial charge in [-0.15, -0.1) is 5.48 Å². The molecular formula is C16H15NO4S. The molecule has 0 spiro atoms. The second kappa shape index (κ2) is 5.24. The van der Waals surface area contributed by atoms with Gasteiger partial charge in [0.2, 0.25) is 0 Å². The van der Waals surface area contributed by atoms with Gasteiger partial charge in [-0.2, -0.15) is 8.42 Å². The van der Waals surface area contributed by atoms with Crippen LogP contribution in [0.4, 0.5) is 0 Å². The summed E-state index contributed by atoms with van der Waals surface area (Å²) in [5.74, 6) is 0.725. The summed E-state index contributed by atoms with van der Waals surface area (Å²) in [5.41, 5.74) is 4.09. The molecule has 0 saturated heterocycles. The van der Waals surface area contributed by atoms with Gasteiger partial charge in [0.1, 0.15) is 11.3 Å². The minimum Gasteiger partial charge on any atom is -0.412 e. The van der Waals surface area contributed by atoms with Crippen molar-refractivity contribution in [3.8, 4) is 0 Å². The minimum absolute atomic E-state index is 0.140. The Hall–Kier alpha value is -2.15. The van der Waals surface area contributed by atoms with Crippen molar-refractivity contribution in [1.82, 2.24) is 5.48 Å². The van der Waals surface area contributed by atoms with Gasteiger partial charge in [0.15, 0.2) is 0 Å². The third-order valence-electron chi connectivity index (χ3n) is 3.63. The lowest BCUT2D eigenvalue weighted by atomic mass is 9.83. The Kier molecular flexibility index (Phi) is 3.52. The number of hydrogen-bond acceptors (Lipinski definition) is 4. The molecule has 2 aromatic rings. The number of nitrogens with one attached hydrogen (secondary N) is 1. The first-order valence-electron chi connectivity index (χ1n) is 6.69. The van der Waals surface area contributed by atoms with Crippen molar-refractivity contribution in [3.63, 3.8) is 0 Å². The Labute approximate surface area is 128 Å². The summed E-state index contributed by atoms with van der Waals surface area (Å²) < 4.78 is 31.4. The van der Waals surface area contributed by atoms with E-state index in [-0.39, 0.29) is 4.90 Å². The summed E-state index contributed by atoms with van der Waals surface area (Å²) in [5, 5.41) is 0. The van der Waals surface area contributed by atoms with Gasteiger partial charge < -0.3 is 4.84 Å². The van der Waals surface area contributed by atoms with E-state index < -0.39 is 15.7 Å². The molecule has 2 N–H and O–H groups in total. The first-order chi connectivity index (χ1) is 10.4. The largest absolute Gasteiger partial charge is 0.412 e. The van der Waals surface area contributed by atoms with Gasteiger partial charge in [-0.25, -0.2) is 0 Å². The zero-order chi connectivity index (χ0) is 15.8. The average molecular weight is 317 g/mol. The van der Waals surface area contributed by atoms with Crippen LogP contribution in [0.2, 0.25) is 0 Å². The fraction of sp³-hybridized carbons (Fsp3) is 0.125. The molecule has 0 amide bonds. The van der Waals surface area contributed by atoms with Crippen molar-refractivity contribution < 1.29 is 17.8 Å². The lowest BCUT2D eigenvalue weighted by Gasteiger charge is -2.27. The predicted octanol–water partition coefficient (Wildman–Crippen LogP) is 2.62. The van der Waals surface area contributed by atoms with Gasteiger partial charge in [-0.3, -0.25) is 4.55 Å². The highest BCUT2D eigenvalue weighted by Crippen LogP contribution is 2.36. The van der Waals surface area contributed by atoms with E-state index in [1.807, 2.05) is 43.3 Å². The lowest BCUT2D eigenvalue weighted by Crippen LogP contribution is -2.37. The first-order valence-corrected chi connectivity index (χ1v) is 8.13. The molecule has 0 bridgehead atoms. The monoisotopic (exact) mass is 317 g/mol. The van der Waals surface area contributed by atoms with E-state index in [0.29, 0.717) is 0 Å². The summed E-state index contributed by atoms with van der Waals surface area (Å²) in [7, 11) is -4.21. The Morgan fingerprint density at radius 1 is 1.00 bits per heavy atom. The van der Waals surface area contributed by atoms with Crippen LogP contribution in [0.25, 0.3) is 0 Å². The van der Waals surface area contributed by atoms with Gasteiger partial charge >= 0.3 is 0 Å². The predicted molar refractivity (Wildman–Crippen MR) is 81.5 cm³/mol. The van der Waals surface area contributed by atoms with Crippen molar-refractivity contribution in [2.45, 2.75) is 17.4 Å². The Morgan fingerprint density at radius 3 is 2.09 bits per heavy atom. The van der Waals surface area contributed by atoms with Gasteiger partial charge in [-0.1, -0.05) is 42.5 Å². The van der Waals surface area contributed by atoms with E-state index in [1.54, 1.807) is 12.1 Å². The maximum absolute atomic E-state index is 11.2. The van der Waals surface area contributed by atoms with E-state index >= 15 is 0 Å². The van der Waals surface area contributed by atoms with Crippen LogP contribution in [0.15, 0.2) is 71.3 Å². The molecule has 0 fully saturated rings. The minimum atomic E-state index is -4.21. The molecular weight excluding hydrogens is 302 g/mol. The highest BCUT2D eigenvalue weighted by atomic mass is 32.2. The molecule has 0 radical (unpaired) electrons. The first kappa shape index (κ1) is 14.8. The molecule has 1 unspecified atom stereocenters. The van der Waals surface area contributed by atoms with Crippen LogP contribution in [0.3, 0.4) is 0 Å². The van der Waals surface area contributed by atoms with Gasteiger partial charge in [0.05, 0.1) is 4.90 Å². The van der Waals surface area contributed by atoms with Crippen molar-refractivity contribution >= 4 is 10.1 Å². The van der Waals surface area contributed by atoms with Gasteiger partial charge in [-0.05, 0) is 36.3 Å². The van der Waals surface area contributed by atoms with E-state index in [9.17, 15) is 8.42 Å². The van der Waals surface area contributed by atoms with Crippen LogP contribution in [-0.4, -0.2) is 13.0 Å². The van der Waals surface area contributed by atoms with Gasteiger partial charge in [0.25, 0.3) is 10.1 Å². The van der Waals surface area contributed by atoms with E-state index in [4.69, 9.17) is 9.39 Å². The number of benzene rings is 2. The molecule has 0 aliphatic carbocycles. The summed E-state index contributed by atoms with van der Waals surface area (Å²) in [4.78, 5) is 5.28. The van der Waals surface area contributed by atoms with Crippen molar-refractivity contribution in [3.05, 3.63) is 77.6 Å². The second-order valence-corrected chi connectivity index (χ2v) is 6.55. The fourth-order valence-corrected chi connectivity index (χ4v) is 3.05. The zero-order valence-corrected chi connectivity index (χ0v) is 12.7. The molecule has 5 nitrogen and oxygen atoms in total. The van der Waals surface area contributed by atoms with Crippen LogP contribution in [0, 0.1) is 0 Å². The topological polar surface area (TPSA) is 75.6 Å². The Balaban J connectivity index is 2.13. The Bertz CT molecular complexity index is 813. The van der Waals surface area contributed by atoms with Gasteiger partial charge in [0, 0.05) is 0 Å². The molecule has 3 rings (SSSR count). The molecule has 1 heterocycles. The smallest absolute Gasteiger partial charge is 0.294 e. The SMILES string of the molecule is CC1=CC(c2ccccc2)(c2ccc(S(=O)(=O)O)cc2)NO1. The highest BCUT2D eigenvalue weighted by Gasteiger charge is 2.37. The molecule has 2 aromatic carbocycles. The van der Waals surface area contributed by atoms with Crippen molar-refractivity contribution in [2.75, 3.05) is 0 Å². The third-order valence-corrected chi connectivity index (χ3v) is 4.50. The van der Waals surface area contributed by atoms with Crippen molar-refractivity contribution in [1.29, 1.82) is 0 Å². The van der Waals surface area contributed by atoms with E-state index in [2.05, 4.69) is 5.48 Å². The van der Waals surface area contributed by atoms with Crippen LogP contribution >= 0.6 is 0 Å². The molecule has 1 aliphatic rings. The molecule has 0 aromatic heterocycles. The van der Waals surface area contributed by atoms with E-state index in [0.717, 1.165) is 16.9 Å². The zero-order valence-electron chi connectivity index (χ0n) is 11.9. The number of hydrogen-bond donors (Lipinski definition) is 2. The molecule has 6 heteroatoms. The Morgan fingerprint density at radius 2 is 1.59 bits per heavy atom. The van der Waals surface area contributed by atoms with Crippen molar-refractivity contribution in [2.24, 2.45) is 0 Å². The fourth-order valence-electron chi connectivity index (χ4n) is 2.57. The normalized spacial score (nSPS) is 21.3. The molecule has 1 atom stereocenters. The third kappa shape index (κ3) is 2.52. The standard InChI is InChI=1S/C16H15NO4S/c1-12-11-16(17-21-12,13-5-3-2-4-6-13)14-7-9-15(10-8-14)22(18,19)20/h2-11,17H,1H3,(H,18,19,20). The summed E-state index contributed by atoms with van der Waals surface area (Å²) >= 11 is 0. The molecule has 0 saturated carbocycles. The number of rotatable bonds is 3. The molecule has 114 valence electrons. The summed E-state index contributed by atoms with van der Waals surface area (Å²) in [6.07, 6.45) is 1.94. The lowest BCUT2D eigenvalue weighted by molar-refractivity contribution is 0.0927. The summed E-state index contributed by atoms with van der Waals surface area (Å²) in [6.45, 7) is 1.84. The average Bonchev–Trinajstić information content (AvgIpc) is 2.91. The molecule has 22 heavy (non-hydrogen) atoms. The number of allylic oxidation sites excluding steroid dienone is 1. The quantitative estimate of drug-likeness (QED) is 0.851. The number of hydroxylamine groups is 1. The van der Waals surface area contributed by atoms with Crippen LogP contribution < -0.4 is 5.48 Å².